The zero-order chi connectivity index (χ0) is 28.0. The standard InChI is InChI=1S/C29H47N3O6/c1-18(2)8-13-26(33)30-23-14-20(4)24(37-21(23)5)11-9-19(3)10-12-25-28(35)29(17-36-29)16-22(38-25)15-27(34)31-32(6)7/h8-10,12-13,18,20-25,28,35H,11,14-17H2,1-7H3,(H,30,33)(H,31,34)/b12-10+,13-8-,19-9+/t20?,21?,22-,23?,24?,25?,28-,29?/m1/s1. The Morgan fingerprint density at radius 3 is 2.53 bits per heavy atom. The van der Waals surface area contributed by atoms with Crippen LogP contribution in [0, 0.1) is 11.8 Å². The Kier molecular flexibility index (Phi) is 10.7. The summed E-state index contributed by atoms with van der Waals surface area (Å²) in [5.41, 5.74) is 3.16. The molecule has 8 atom stereocenters. The molecule has 0 aliphatic carbocycles. The van der Waals surface area contributed by atoms with Gasteiger partial charge in [-0.3, -0.25) is 15.0 Å². The lowest BCUT2D eigenvalue weighted by Gasteiger charge is -2.39. The quantitative estimate of drug-likeness (QED) is 0.171. The summed E-state index contributed by atoms with van der Waals surface area (Å²) in [4.78, 5) is 24.4. The van der Waals surface area contributed by atoms with Gasteiger partial charge >= 0.3 is 0 Å². The lowest BCUT2D eigenvalue weighted by Crippen LogP contribution is -2.51. The third kappa shape index (κ3) is 8.74. The second-order valence-corrected chi connectivity index (χ2v) is 11.7. The number of rotatable bonds is 10. The molecule has 2 amide bonds. The van der Waals surface area contributed by atoms with E-state index in [1.807, 2.05) is 45.9 Å². The van der Waals surface area contributed by atoms with Gasteiger partial charge in [0.05, 0.1) is 37.4 Å². The van der Waals surface area contributed by atoms with E-state index in [0.717, 1.165) is 18.4 Å². The molecule has 3 saturated heterocycles. The van der Waals surface area contributed by atoms with Gasteiger partial charge in [-0.25, -0.2) is 5.01 Å². The zero-order valence-electron chi connectivity index (χ0n) is 24.0. The number of aliphatic hydroxyl groups is 1. The molecule has 3 N–H and O–H groups in total. The van der Waals surface area contributed by atoms with Crippen molar-refractivity contribution >= 4 is 11.8 Å². The maximum atomic E-state index is 12.2. The Morgan fingerprint density at radius 1 is 1.18 bits per heavy atom. The average molecular weight is 534 g/mol. The van der Waals surface area contributed by atoms with E-state index in [2.05, 4.69) is 23.7 Å². The van der Waals surface area contributed by atoms with Crippen LogP contribution in [-0.4, -0.2) is 84.8 Å². The zero-order valence-corrected chi connectivity index (χ0v) is 24.0. The molecule has 3 aliphatic rings. The molecule has 38 heavy (non-hydrogen) atoms. The monoisotopic (exact) mass is 533 g/mol. The van der Waals surface area contributed by atoms with Gasteiger partial charge in [0.2, 0.25) is 11.8 Å². The van der Waals surface area contributed by atoms with Gasteiger partial charge in [-0.15, -0.1) is 0 Å². The molecule has 9 heteroatoms. The predicted molar refractivity (Wildman–Crippen MR) is 146 cm³/mol. The SMILES string of the molecule is CC(/C=C/C1O[C@H](CC(=O)NN(C)C)CC2(CO2)[C@@H]1O)=C\CC1OC(C)C(NC(=O)/C=C\C(C)C)CC1C. The van der Waals surface area contributed by atoms with Crippen molar-refractivity contribution < 1.29 is 28.9 Å². The Morgan fingerprint density at radius 2 is 1.89 bits per heavy atom. The highest BCUT2D eigenvalue weighted by molar-refractivity contribution is 5.87. The van der Waals surface area contributed by atoms with Crippen molar-refractivity contribution in [3.8, 4) is 0 Å². The topological polar surface area (TPSA) is 113 Å². The number of hydrogen-bond donors (Lipinski definition) is 3. The highest BCUT2D eigenvalue weighted by Gasteiger charge is 2.58. The van der Waals surface area contributed by atoms with Crippen molar-refractivity contribution in [1.29, 1.82) is 0 Å². The van der Waals surface area contributed by atoms with Crippen molar-refractivity contribution in [1.82, 2.24) is 15.8 Å². The van der Waals surface area contributed by atoms with Crippen molar-refractivity contribution in [2.24, 2.45) is 11.8 Å². The van der Waals surface area contributed by atoms with Crippen molar-refractivity contribution in [3.05, 3.63) is 36.0 Å². The van der Waals surface area contributed by atoms with E-state index < -0.39 is 17.8 Å². The molecule has 1 spiro atoms. The van der Waals surface area contributed by atoms with Crippen LogP contribution in [0.4, 0.5) is 0 Å². The van der Waals surface area contributed by atoms with Crippen molar-refractivity contribution in [2.75, 3.05) is 20.7 Å². The summed E-state index contributed by atoms with van der Waals surface area (Å²) in [6, 6.07) is -0.00908. The summed E-state index contributed by atoms with van der Waals surface area (Å²) in [5.74, 6) is 0.427. The number of nitrogens with one attached hydrogen (secondary N) is 2. The molecule has 214 valence electrons. The summed E-state index contributed by atoms with van der Waals surface area (Å²) in [5, 5.41) is 15.5. The molecule has 3 aliphatic heterocycles. The fourth-order valence-electron chi connectivity index (χ4n) is 5.14. The van der Waals surface area contributed by atoms with Gasteiger partial charge in [0, 0.05) is 20.5 Å². The van der Waals surface area contributed by atoms with E-state index in [0.29, 0.717) is 24.9 Å². The molecule has 3 fully saturated rings. The summed E-state index contributed by atoms with van der Waals surface area (Å²) in [7, 11) is 3.52. The summed E-state index contributed by atoms with van der Waals surface area (Å²) in [6.45, 7) is 10.7. The van der Waals surface area contributed by atoms with Crippen molar-refractivity contribution in [2.45, 2.75) is 102 Å². The Hall–Kier alpha value is -2.04. The van der Waals surface area contributed by atoms with Crippen LogP contribution in [0.25, 0.3) is 0 Å². The minimum absolute atomic E-state index is 0.00908. The van der Waals surface area contributed by atoms with E-state index in [1.54, 1.807) is 25.2 Å². The molecule has 0 aromatic heterocycles. The minimum Gasteiger partial charge on any atom is -0.387 e. The molecule has 3 heterocycles. The molecule has 0 radical (unpaired) electrons. The second kappa shape index (κ2) is 13.3. The number of ether oxygens (including phenoxy) is 3. The summed E-state index contributed by atoms with van der Waals surface area (Å²) in [6.07, 6.45) is 10.1. The third-order valence-electron chi connectivity index (χ3n) is 7.45. The van der Waals surface area contributed by atoms with Crippen LogP contribution >= 0.6 is 0 Å². The van der Waals surface area contributed by atoms with Crippen LogP contribution in [0.2, 0.25) is 0 Å². The number of epoxide rings is 1. The van der Waals surface area contributed by atoms with Crippen LogP contribution < -0.4 is 10.7 Å². The third-order valence-corrected chi connectivity index (χ3v) is 7.45. The first kappa shape index (κ1) is 30.5. The molecule has 0 bridgehead atoms. The molecule has 0 aromatic rings. The fraction of sp³-hybridized carbons (Fsp3) is 0.724. The molecule has 3 rings (SSSR count). The Labute approximate surface area is 227 Å². The van der Waals surface area contributed by atoms with Crippen LogP contribution in [0.5, 0.6) is 0 Å². The van der Waals surface area contributed by atoms with Gasteiger partial charge in [-0.2, -0.15) is 0 Å². The first-order valence-corrected chi connectivity index (χ1v) is 13.8. The number of amides is 2. The highest BCUT2D eigenvalue weighted by Crippen LogP contribution is 2.43. The normalized spacial score (nSPS) is 35.9. The largest absolute Gasteiger partial charge is 0.387 e. The van der Waals surface area contributed by atoms with Gasteiger partial charge < -0.3 is 24.6 Å². The summed E-state index contributed by atoms with van der Waals surface area (Å²) < 4.78 is 18.0. The average Bonchev–Trinajstić information content (AvgIpc) is 3.59. The molecule has 0 saturated carbocycles. The number of aliphatic hydroxyl groups excluding tert-OH is 1. The van der Waals surface area contributed by atoms with Gasteiger partial charge in [-0.05, 0) is 44.6 Å². The first-order valence-electron chi connectivity index (χ1n) is 13.8. The van der Waals surface area contributed by atoms with Crippen molar-refractivity contribution in [3.63, 3.8) is 0 Å². The van der Waals surface area contributed by atoms with Crippen LogP contribution in [0.15, 0.2) is 36.0 Å². The number of hydrazine groups is 1. The van der Waals surface area contributed by atoms with Gasteiger partial charge in [0.25, 0.3) is 0 Å². The molecule has 9 nitrogen and oxygen atoms in total. The highest BCUT2D eigenvalue weighted by atomic mass is 16.6. The van der Waals surface area contributed by atoms with E-state index in [4.69, 9.17) is 14.2 Å². The van der Waals surface area contributed by atoms with Gasteiger partial charge in [0.1, 0.15) is 17.8 Å². The second-order valence-electron chi connectivity index (χ2n) is 11.7. The summed E-state index contributed by atoms with van der Waals surface area (Å²) >= 11 is 0. The van der Waals surface area contributed by atoms with E-state index in [-0.39, 0.29) is 42.6 Å². The predicted octanol–water partition coefficient (Wildman–Crippen LogP) is 2.66. The number of carbonyl (C=O) groups is 2. The lowest BCUT2D eigenvalue weighted by molar-refractivity contribution is -0.147. The first-order chi connectivity index (χ1) is 17.9. The van der Waals surface area contributed by atoms with Crippen LogP contribution in [0.3, 0.4) is 0 Å². The number of hydrogen-bond acceptors (Lipinski definition) is 7. The molecule has 6 unspecified atom stereocenters. The number of carbonyl (C=O) groups excluding carboxylic acids is 2. The number of allylic oxidation sites excluding steroid dienone is 3. The number of nitrogens with zero attached hydrogens (tertiary/aromatic N) is 1. The smallest absolute Gasteiger partial charge is 0.243 e. The molecule has 0 aromatic carbocycles. The van der Waals surface area contributed by atoms with Gasteiger partial charge in [-0.1, -0.05) is 50.6 Å². The maximum absolute atomic E-state index is 12.2. The van der Waals surface area contributed by atoms with E-state index >= 15 is 0 Å². The molecular weight excluding hydrogens is 486 g/mol. The lowest BCUT2D eigenvalue weighted by atomic mass is 9.87. The Balaban J connectivity index is 1.53. The maximum Gasteiger partial charge on any atom is 0.243 e. The van der Waals surface area contributed by atoms with E-state index in [9.17, 15) is 14.7 Å². The fourth-order valence-corrected chi connectivity index (χ4v) is 5.14. The van der Waals surface area contributed by atoms with Crippen LogP contribution in [0.1, 0.15) is 60.3 Å². The molecular formula is C29H47N3O6. The van der Waals surface area contributed by atoms with Crippen LogP contribution in [-0.2, 0) is 23.8 Å². The van der Waals surface area contributed by atoms with E-state index in [1.165, 1.54) is 0 Å². The Bertz CT molecular complexity index is 910. The van der Waals surface area contributed by atoms with Gasteiger partial charge in [0.15, 0.2) is 0 Å². The minimum atomic E-state index is -0.773.